The van der Waals surface area contributed by atoms with Crippen LogP contribution < -0.4 is 27.4 Å². The number of aromatic amines is 1. The van der Waals surface area contributed by atoms with E-state index >= 15 is 0 Å². The summed E-state index contributed by atoms with van der Waals surface area (Å²) >= 11 is 0. The van der Waals surface area contributed by atoms with E-state index in [9.17, 15) is 29.1 Å². The van der Waals surface area contributed by atoms with Gasteiger partial charge in [0.05, 0.1) is 12.5 Å². The molecule has 0 spiro atoms. The topological polar surface area (TPSA) is 230 Å². The van der Waals surface area contributed by atoms with Crippen LogP contribution in [0.5, 0.6) is 0 Å². The molecule has 0 radical (unpaired) electrons. The van der Waals surface area contributed by atoms with E-state index in [4.69, 9.17) is 16.6 Å². The fraction of sp³-hybridized carbons (Fsp3) is 0.435. The summed E-state index contributed by atoms with van der Waals surface area (Å²) in [5.41, 5.74) is 13.1. The summed E-state index contributed by atoms with van der Waals surface area (Å²) in [5, 5.41) is 25.9. The number of hydrogen-bond acceptors (Lipinski definition) is 7. The number of unbranched alkanes of at least 4 members (excludes halogenated alkanes) is 1. The zero-order valence-electron chi connectivity index (χ0n) is 19.7. The molecule has 3 unspecified atom stereocenters. The summed E-state index contributed by atoms with van der Waals surface area (Å²) in [5.74, 6) is -5.02. The minimum Gasteiger partial charge on any atom is -0.481 e. The Balaban J connectivity index is 2.08. The first-order valence-corrected chi connectivity index (χ1v) is 11.4. The van der Waals surface area contributed by atoms with Gasteiger partial charge in [0.15, 0.2) is 0 Å². The number of benzene rings is 1. The van der Waals surface area contributed by atoms with Gasteiger partial charge in [-0.2, -0.15) is 0 Å². The van der Waals surface area contributed by atoms with Gasteiger partial charge < -0.3 is 42.6 Å². The number of carboxylic acids is 2. The number of carboxylic acid groups (broad SMARTS) is 2. The number of carbonyl (C=O) groups excluding carboxylic acids is 3. The Hall–Kier alpha value is -3.97. The van der Waals surface area contributed by atoms with Crippen LogP contribution in [0.25, 0.3) is 10.9 Å². The summed E-state index contributed by atoms with van der Waals surface area (Å²) in [4.78, 5) is 63.2. The van der Waals surface area contributed by atoms with Crippen molar-refractivity contribution in [3.63, 3.8) is 0 Å². The average Bonchev–Trinajstić information content (AvgIpc) is 3.23. The molecule has 1 aromatic heterocycles. The quantitative estimate of drug-likeness (QED) is 0.136. The number of fused-ring (bicyclic) bond motifs is 1. The van der Waals surface area contributed by atoms with Gasteiger partial charge in [-0.1, -0.05) is 18.2 Å². The maximum absolute atomic E-state index is 12.9. The Kier molecular flexibility index (Phi) is 10.8. The van der Waals surface area contributed by atoms with Crippen LogP contribution in [0.3, 0.4) is 0 Å². The van der Waals surface area contributed by atoms with Crippen molar-refractivity contribution < 1.29 is 34.2 Å². The van der Waals surface area contributed by atoms with E-state index in [1.807, 2.05) is 24.3 Å². The lowest BCUT2D eigenvalue weighted by molar-refractivity contribution is -0.141. The number of rotatable bonds is 15. The first kappa shape index (κ1) is 28.3. The third kappa shape index (κ3) is 8.67. The zero-order chi connectivity index (χ0) is 26.7. The minimum absolute atomic E-state index is 0.135. The van der Waals surface area contributed by atoms with Gasteiger partial charge in [-0.05, 0) is 43.9 Å². The monoisotopic (exact) mass is 504 g/mol. The smallest absolute Gasteiger partial charge is 0.322 e. The van der Waals surface area contributed by atoms with E-state index in [2.05, 4.69) is 20.9 Å². The molecule has 10 N–H and O–H groups in total. The van der Waals surface area contributed by atoms with Gasteiger partial charge in [0.2, 0.25) is 17.7 Å². The largest absolute Gasteiger partial charge is 0.481 e. The fourth-order valence-corrected chi connectivity index (χ4v) is 3.61. The molecule has 0 aliphatic heterocycles. The van der Waals surface area contributed by atoms with Gasteiger partial charge in [0, 0.05) is 17.1 Å². The van der Waals surface area contributed by atoms with Crippen LogP contribution in [0, 0.1) is 0 Å². The molecule has 1 aromatic carbocycles. The molecule has 36 heavy (non-hydrogen) atoms. The van der Waals surface area contributed by atoms with E-state index in [-0.39, 0.29) is 12.8 Å². The molecule has 13 nitrogen and oxygen atoms in total. The highest BCUT2D eigenvalue weighted by atomic mass is 16.4. The normalized spacial score (nSPS) is 13.4. The molecule has 3 amide bonds. The number of hydrogen-bond donors (Lipinski definition) is 8. The maximum atomic E-state index is 12.9. The summed E-state index contributed by atoms with van der Waals surface area (Å²) < 4.78 is 0. The highest BCUT2D eigenvalue weighted by Crippen LogP contribution is 2.18. The van der Waals surface area contributed by atoms with Crippen LogP contribution in [-0.2, 0) is 30.4 Å². The molecule has 0 saturated heterocycles. The van der Waals surface area contributed by atoms with Crippen molar-refractivity contribution in [3.05, 3.63) is 36.0 Å². The van der Waals surface area contributed by atoms with Gasteiger partial charge in [-0.3, -0.25) is 24.0 Å². The van der Waals surface area contributed by atoms with Gasteiger partial charge in [0.25, 0.3) is 0 Å². The zero-order valence-corrected chi connectivity index (χ0v) is 19.7. The molecule has 0 fully saturated rings. The van der Waals surface area contributed by atoms with Gasteiger partial charge in [0.1, 0.15) is 18.6 Å². The van der Waals surface area contributed by atoms with Gasteiger partial charge >= 0.3 is 11.9 Å². The van der Waals surface area contributed by atoms with Crippen LogP contribution in [0.4, 0.5) is 0 Å². The Labute approximate surface area is 207 Å². The lowest BCUT2D eigenvalue weighted by Crippen LogP contribution is -2.56. The van der Waals surface area contributed by atoms with Crippen molar-refractivity contribution in [1.82, 2.24) is 20.9 Å². The fourth-order valence-electron chi connectivity index (χ4n) is 3.61. The van der Waals surface area contributed by atoms with Gasteiger partial charge in [-0.15, -0.1) is 0 Å². The summed E-state index contributed by atoms with van der Waals surface area (Å²) in [6.45, 7) is -0.302. The highest BCUT2D eigenvalue weighted by Gasteiger charge is 2.30. The van der Waals surface area contributed by atoms with E-state index in [0.717, 1.165) is 16.5 Å². The molecule has 2 rings (SSSR count). The average molecular weight is 505 g/mol. The minimum atomic E-state index is -1.51. The van der Waals surface area contributed by atoms with Crippen LogP contribution in [0.1, 0.15) is 31.2 Å². The van der Waals surface area contributed by atoms with Crippen LogP contribution in [0.2, 0.25) is 0 Å². The summed E-state index contributed by atoms with van der Waals surface area (Å²) in [6.07, 6.45) is 2.26. The standard InChI is InChI=1S/C23H32N6O7/c24-8-4-3-7-17(22(35)27-12-20(32)33)28-23(36)18(10-19(30)31)29-21(34)15(25)9-13-11-26-16-6-2-1-5-14(13)16/h1-2,5-6,11,15,17-18,26H,3-4,7-10,12,24-25H2,(H,27,35)(H,28,36)(H,29,34)(H,30,31)(H,32,33). The van der Waals surface area contributed by atoms with E-state index in [0.29, 0.717) is 19.4 Å². The second-order valence-electron chi connectivity index (χ2n) is 8.29. The van der Waals surface area contributed by atoms with Crippen molar-refractivity contribution in [2.45, 2.75) is 50.2 Å². The van der Waals surface area contributed by atoms with Crippen molar-refractivity contribution >= 4 is 40.6 Å². The molecular formula is C23H32N6O7. The van der Waals surface area contributed by atoms with Crippen molar-refractivity contribution in [2.24, 2.45) is 11.5 Å². The Morgan fingerprint density at radius 1 is 0.917 bits per heavy atom. The predicted molar refractivity (Wildman–Crippen MR) is 130 cm³/mol. The molecule has 1 heterocycles. The Morgan fingerprint density at radius 3 is 2.28 bits per heavy atom. The molecule has 0 aliphatic carbocycles. The number of carbonyl (C=O) groups is 5. The Bertz CT molecular complexity index is 1090. The number of para-hydroxylation sites is 1. The molecule has 0 bridgehead atoms. The maximum Gasteiger partial charge on any atom is 0.322 e. The van der Waals surface area contributed by atoms with Gasteiger partial charge in [-0.25, -0.2) is 0 Å². The number of aliphatic carboxylic acids is 2. The van der Waals surface area contributed by atoms with E-state index in [1.54, 1.807) is 6.20 Å². The third-order valence-corrected chi connectivity index (χ3v) is 5.46. The second-order valence-corrected chi connectivity index (χ2v) is 8.29. The summed E-state index contributed by atoms with van der Waals surface area (Å²) in [7, 11) is 0. The Morgan fingerprint density at radius 2 is 1.61 bits per heavy atom. The molecular weight excluding hydrogens is 472 g/mol. The lowest BCUT2D eigenvalue weighted by Gasteiger charge is -2.23. The van der Waals surface area contributed by atoms with E-state index in [1.165, 1.54) is 0 Å². The SMILES string of the molecule is NCCCCC(NC(=O)C(CC(=O)O)NC(=O)C(N)Cc1c[nH]c2ccccc12)C(=O)NCC(=O)O. The van der Waals surface area contributed by atoms with E-state index < -0.39 is 60.8 Å². The molecule has 0 saturated carbocycles. The first-order valence-electron chi connectivity index (χ1n) is 11.4. The third-order valence-electron chi connectivity index (χ3n) is 5.46. The molecule has 13 heteroatoms. The second kappa shape index (κ2) is 13.8. The lowest BCUT2D eigenvalue weighted by atomic mass is 10.0. The first-order chi connectivity index (χ1) is 17.1. The number of nitrogens with two attached hydrogens (primary N) is 2. The van der Waals surface area contributed by atoms with Crippen LogP contribution in [-0.4, -0.2) is 76.1 Å². The van der Waals surface area contributed by atoms with Crippen LogP contribution in [0.15, 0.2) is 30.5 Å². The van der Waals surface area contributed by atoms with Crippen molar-refractivity contribution in [3.8, 4) is 0 Å². The number of amides is 3. The molecule has 196 valence electrons. The van der Waals surface area contributed by atoms with Crippen LogP contribution >= 0.6 is 0 Å². The number of aromatic nitrogens is 1. The number of nitrogens with one attached hydrogen (secondary N) is 4. The van der Waals surface area contributed by atoms with Crippen molar-refractivity contribution in [2.75, 3.05) is 13.1 Å². The summed E-state index contributed by atoms with van der Waals surface area (Å²) in [6, 6.07) is 3.71. The molecule has 2 aromatic rings. The molecule has 3 atom stereocenters. The highest BCUT2D eigenvalue weighted by molar-refractivity contribution is 5.95. The molecule has 0 aliphatic rings. The number of H-pyrrole nitrogens is 1. The predicted octanol–water partition coefficient (Wildman–Crippen LogP) is -1.19. The van der Waals surface area contributed by atoms with Crippen molar-refractivity contribution in [1.29, 1.82) is 0 Å².